The van der Waals surface area contributed by atoms with Gasteiger partial charge < -0.3 is 15.1 Å². The molecule has 0 spiro atoms. The van der Waals surface area contributed by atoms with Crippen molar-refractivity contribution in [3.05, 3.63) is 0 Å². The molecule has 18 heavy (non-hydrogen) atoms. The van der Waals surface area contributed by atoms with Gasteiger partial charge in [0.25, 0.3) is 0 Å². The average molecular weight is 272 g/mol. The molecule has 1 saturated heterocycles. The summed E-state index contributed by atoms with van der Waals surface area (Å²) < 4.78 is 6.09. The Morgan fingerprint density at radius 3 is 2.50 bits per heavy atom. The molecule has 1 unspecified atom stereocenters. The molecule has 5 heteroatoms. The Morgan fingerprint density at radius 1 is 1.44 bits per heavy atom. The van der Waals surface area contributed by atoms with Crippen LogP contribution in [-0.2, 0) is 9.22 Å². The zero-order valence-electron chi connectivity index (χ0n) is 12.5. The minimum absolute atomic E-state index is 0.224. The van der Waals surface area contributed by atoms with Crippen molar-refractivity contribution in [2.24, 2.45) is 11.7 Å². The van der Waals surface area contributed by atoms with E-state index < -0.39 is 8.32 Å². The highest BCUT2D eigenvalue weighted by Crippen LogP contribution is 2.36. The van der Waals surface area contributed by atoms with E-state index in [0.29, 0.717) is 32.0 Å². The van der Waals surface area contributed by atoms with E-state index in [1.807, 2.05) is 4.90 Å². The van der Waals surface area contributed by atoms with Crippen LogP contribution < -0.4 is 5.73 Å². The van der Waals surface area contributed by atoms with Crippen molar-refractivity contribution in [1.82, 2.24) is 4.90 Å². The summed E-state index contributed by atoms with van der Waals surface area (Å²) in [5.41, 5.74) is 5.61. The number of amides is 1. The molecule has 1 amide bonds. The highest BCUT2D eigenvalue weighted by atomic mass is 28.4. The maximum absolute atomic E-state index is 11.7. The van der Waals surface area contributed by atoms with Crippen molar-refractivity contribution in [3.63, 3.8) is 0 Å². The number of hydrogen-bond donors (Lipinski definition) is 1. The van der Waals surface area contributed by atoms with E-state index >= 15 is 0 Å². The predicted molar refractivity (Wildman–Crippen MR) is 76.9 cm³/mol. The third-order valence-electron chi connectivity index (χ3n) is 4.26. The number of carbonyl (C=O) groups excluding carboxylic acids is 1. The van der Waals surface area contributed by atoms with Gasteiger partial charge in [0.15, 0.2) is 8.32 Å². The summed E-state index contributed by atoms with van der Waals surface area (Å²) in [4.78, 5) is 13.6. The van der Waals surface area contributed by atoms with Gasteiger partial charge in [-0.1, -0.05) is 20.8 Å². The van der Waals surface area contributed by atoms with Gasteiger partial charge in [0.2, 0.25) is 5.91 Å². The fourth-order valence-corrected chi connectivity index (χ4v) is 2.89. The van der Waals surface area contributed by atoms with Crippen molar-refractivity contribution in [1.29, 1.82) is 0 Å². The first-order valence-corrected chi connectivity index (χ1v) is 9.70. The van der Waals surface area contributed by atoms with Crippen LogP contribution in [0.2, 0.25) is 18.1 Å². The first-order valence-electron chi connectivity index (χ1n) is 6.79. The van der Waals surface area contributed by atoms with E-state index in [1.165, 1.54) is 0 Å². The second-order valence-electron chi connectivity index (χ2n) is 6.75. The highest BCUT2D eigenvalue weighted by molar-refractivity contribution is 6.74. The largest absolute Gasteiger partial charge is 0.415 e. The fourth-order valence-electron chi connectivity index (χ4n) is 1.86. The van der Waals surface area contributed by atoms with Gasteiger partial charge in [0.05, 0.1) is 6.61 Å². The second-order valence-corrected chi connectivity index (χ2v) is 11.6. The maximum Gasteiger partial charge on any atom is 0.223 e. The summed E-state index contributed by atoms with van der Waals surface area (Å²) in [7, 11) is -1.69. The lowest BCUT2D eigenvalue weighted by molar-refractivity contribution is -0.128. The zero-order chi connectivity index (χ0) is 14.0. The summed E-state index contributed by atoms with van der Waals surface area (Å²) in [6, 6.07) is 0. The van der Waals surface area contributed by atoms with Crippen LogP contribution in [0, 0.1) is 5.92 Å². The van der Waals surface area contributed by atoms with Crippen molar-refractivity contribution < 1.29 is 9.22 Å². The van der Waals surface area contributed by atoms with Gasteiger partial charge in [-0.3, -0.25) is 4.79 Å². The predicted octanol–water partition coefficient (Wildman–Crippen LogP) is 1.82. The molecule has 4 nitrogen and oxygen atoms in total. The lowest BCUT2D eigenvalue weighted by Crippen LogP contribution is -2.43. The van der Waals surface area contributed by atoms with Crippen LogP contribution in [0.3, 0.4) is 0 Å². The molecule has 1 heterocycles. The minimum atomic E-state index is -1.69. The topological polar surface area (TPSA) is 55.6 Å². The fraction of sp³-hybridized carbons (Fsp3) is 0.923. The summed E-state index contributed by atoms with van der Waals surface area (Å²) in [6.07, 6.45) is 0.608. The molecule has 106 valence electrons. The highest BCUT2D eigenvalue weighted by Gasteiger charge is 2.37. The Balaban J connectivity index is 2.37. The Hall–Kier alpha value is -0.393. The van der Waals surface area contributed by atoms with Crippen LogP contribution in [0.15, 0.2) is 0 Å². The number of carbonyl (C=O) groups is 1. The average Bonchev–Trinajstić information content (AvgIpc) is 2.58. The monoisotopic (exact) mass is 272 g/mol. The molecule has 0 radical (unpaired) electrons. The van der Waals surface area contributed by atoms with E-state index in [-0.39, 0.29) is 10.9 Å². The molecule has 1 rings (SSSR count). The summed E-state index contributed by atoms with van der Waals surface area (Å²) in [5.74, 6) is 0.564. The second kappa shape index (κ2) is 5.71. The van der Waals surface area contributed by atoms with Crippen LogP contribution in [0.4, 0.5) is 0 Å². The van der Waals surface area contributed by atoms with Crippen LogP contribution in [0.25, 0.3) is 0 Å². The van der Waals surface area contributed by atoms with E-state index in [0.717, 1.165) is 6.54 Å². The first kappa shape index (κ1) is 15.7. The smallest absolute Gasteiger partial charge is 0.223 e. The maximum atomic E-state index is 11.7. The molecular formula is C13H28N2O2Si. The Morgan fingerprint density at radius 2 is 2.06 bits per heavy atom. The number of nitrogens with two attached hydrogens (primary N) is 1. The molecule has 1 aliphatic rings. The van der Waals surface area contributed by atoms with Crippen molar-refractivity contribution in [3.8, 4) is 0 Å². The Bertz CT molecular complexity index is 300. The van der Waals surface area contributed by atoms with E-state index in [1.54, 1.807) is 0 Å². The normalized spacial score (nSPS) is 21.8. The van der Waals surface area contributed by atoms with Crippen LogP contribution in [-0.4, -0.2) is 45.4 Å². The van der Waals surface area contributed by atoms with Gasteiger partial charge in [-0.25, -0.2) is 0 Å². The molecule has 1 fully saturated rings. The molecule has 0 aromatic rings. The van der Waals surface area contributed by atoms with Gasteiger partial charge in [0, 0.05) is 19.5 Å². The van der Waals surface area contributed by atoms with E-state index in [2.05, 4.69) is 33.9 Å². The Kier molecular flexibility index (Phi) is 4.97. The van der Waals surface area contributed by atoms with Crippen LogP contribution in [0.1, 0.15) is 27.2 Å². The van der Waals surface area contributed by atoms with E-state index in [9.17, 15) is 4.79 Å². The zero-order valence-corrected chi connectivity index (χ0v) is 13.5. The minimum Gasteiger partial charge on any atom is -0.415 e. The summed E-state index contributed by atoms with van der Waals surface area (Å²) >= 11 is 0. The number of rotatable bonds is 5. The lowest BCUT2D eigenvalue weighted by Gasteiger charge is -2.36. The lowest BCUT2D eigenvalue weighted by atomic mass is 10.1. The molecule has 1 aliphatic heterocycles. The number of nitrogens with zero attached hydrogens (tertiary/aromatic N) is 1. The molecular weight excluding hydrogens is 244 g/mol. The van der Waals surface area contributed by atoms with Gasteiger partial charge >= 0.3 is 0 Å². The van der Waals surface area contributed by atoms with Gasteiger partial charge in [-0.2, -0.15) is 0 Å². The molecule has 0 saturated carbocycles. The van der Waals surface area contributed by atoms with Gasteiger partial charge in [0.1, 0.15) is 0 Å². The van der Waals surface area contributed by atoms with Crippen LogP contribution >= 0.6 is 0 Å². The molecule has 0 bridgehead atoms. The standard InChI is InChI=1S/C13H28N2O2Si/c1-13(2,3)18(4,5)17-7-6-15-10-11(9-14)8-12(15)16/h11H,6-10,14H2,1-5H3. The number of likely N-dealkylation sites (tertiary alicyclic amines) is 1. The molecule has 0 aromatic heterocycles. The van der Waals surface area contributed by atoms with Crippen LogP contribution in [0.5, 0.6) is 0 Å². The molecule has 1 atom stereocenters. The summed E-state index contributed by atoms with van der Waals surface area (Å²) in [5, 5.41) is 0.224. The van der Waals surface area contributed by atoms with Crippen molar-refractivity contribution in [2.75, 3.05) is 26.2 Å². The van der Waals surface area contributed by atoms with Crippen molar-refractivity contribution >= 4 is 14.2 Å². The number of hydrogen-bond acceptors (Lipinski definition) is 3. The van der Waals surface area contributed by atoms with Gasteiger partial charge in [-0.15, -0.1) is 0 Å². The summed E-state index contributed by atoms with van der Waals surface area (Å²) in [6.45, 7) is 13.9. The first-order chi connectivity index (χ1) is 8.17. The SMILES string of the molecule is CC(C)(C)[Si](C)(C)OCCN1CC(CN)CC1=O. The van der Waals surface area contributed by atoms with E-state index in [4.69, 9.17) is 10.2 Å². The Labute approximate surface area is 112 Å². The third-order valence-corrected chi connectivity index (χ3v) is 8.80. The third kappa shape index (κ3) is 3.80. The molecule has 0 aliphatic carbocycles. The van der Waals surface area contributed by atoms with Crippen molar-refractivity contribution in [2.45, 2.75) is 45.3 Å². The molecule has 0 aromatic carbocycles. The quantitative estimate of drug-likeness (QED) is 0.777. The van der Waals surface area contributed by atoms with Gasteiger partial charge in [-0.05, 0) is 30.6 Å². The molecule has 2 N–H and O–H groups in total.